The third-order valence-electron chi connectivity index (χ3n) is 1.95. The van der Waals surface area contributed by atoms with Crippen molar-refractivity contribution < 1.29 is 0 Å². The molecule has 1 heterocycles. The van der Waals surface area contributed by atoms with Crippen LogP contribution < -0.4 is 0 Å². The minimum atomic E-state index is 1.12. The zero-order valence-electron chi connectivity index (χ0n) is 10.6. The van der Waals surface area contributed by atoms with Crippen LogP contribution in [-0.2, 0) is 0 Å². The SMILES string of the molecule is CC.CC.Cc1cc2ncsc2cc1C. The lowest BCUT2D eigenvalue weighted by atomic mass is 10.1. The molecule has 2 heteroatoms. The van der Waals surface area contributed by atoms with E-state index < -0.39 is 0 Å². The third kappa shape index (κ3) is 3.63. The van der Waals surface area contributed by atoms with Gasteiger partial charge in [-0.15, -0.1) is 11.3 Å². The lowest BCUT2D eigenvalue weighted by molar-refractivity contribution is 1.35. The molecule has 0 aliphatic carbocycles. The number of hydrogen-bond donors (Lipinski definition) is 0. The average Bonchev–Trinajstić information content (AvgIpc) is 2.72. The summed E-state index contributed by atoms with van der Waals surface area (Å²) in [6.07, 6.45) is 0. The fourth-order valence-electron chi connectivity index (χ4n) is 1.11. The van der Waals surface area contributed by atoms with Crippen molar-refractivity contribution in [2.45, 2.75) is 41.5 Å². The molecule has 0 saturated carbocycles. The molecule has 15 heavy (non-hydrogen) atoms. The van der Waals surface area contributed by atoms with Gasteiger partial charge in [0.05, 0.1) is 15.7 Å². The van der Waals surface area contributed by atoms with E-state index in [2.05, 4.69) is 31.0 Å². The Morgan fingerprint density at radius 2 is 1.47 bits per heavy atom. The number of hydrogen-bond acceptors (Lipinski definition) is 2. The second kappa shape index (κ2) is 7.41. The number of rotatable bonds is 0. The second-order valence-electron chi connectivity index (χ2n) is 2.76. The van der Waals surface area contributed by atoms with E-state index >= 15 is 0 Å². The molecule has 2 aromatic rings. The van der Waals surface area contributed by atoms with Gasteiger partial charge in [0.1, 0.15) is 0 Å². The summed E-state index contributed by atoms with van der Waals surface area (Å²) in [6, 6.07) is 4.34. The molecule has 0 aliphatic heterocycles. The van der Waals surface area contributed by atoms with Crippen molar-refractivity contribution in [2.24, 2.45) is 0 Å². The van der Waals surface area contributed by atoms with Crippen molar-refractivity contribution in [1.82, 2.24) is 4.98 Å². The molecule has 1 aromatic heterocycles. The maximum atomic E-state index is 4.24. The van der Waals surface area contributed by atoms with Crippen molar-refractivity contribution in [3.8, 4) is 0 Å². The standard InChI is InChI=1S/C9H9NS.2C2H6/c1-6-3-8-9(4-7(6)2)11-5-10-8;2*1-2/h3-5H,1-2H3;2*1-2H3. The Kier molecular flexibility index (Phi) is 6.97. The summed E-state index contributed by atoms with van der Waals surface area (Å²) < 4.78 is 1.29. The first-order valence-corrected chi connectivity index (χ1v) is 6.46. The molecule has 0 radical (unpaired) electrons. The lowest BCUT2D eigenvalue weighted by Crippen LogP contribution is -1.78. The Labute approximate surface area is 97.2 Å². The first-order valence-electron chi connectivity index (χ1n) is 5.58. The maximum absolute atomic E-state index is 4.24. The van der Waals surface area contributed by atoms with Crippen LogP contribution in [0.5, 0.6) is 0 Å². The quantitative estimate of drug-likeness (QED) is 0.614. The molecule has 0 fully saturated rings. The molecule has 0 atom stereocenters. The normalized spacial score (nSPS) is 8.67. The van der Waals surface area contributed by atoms with Gasteiger partial charge in [-0.25, -0.2) is 4.98 Å². The number of aromatic nitrogens is 1. The Morgan fingerprint density at radius 3 is 2.07 bits per heavy atom. The predicted molar refractivity (Wildman–Crippen MR) is 71.8 cm³/mol. The molecule has 0 bridgehead atoms. The first kappa shape index (κ1) is 14.1. The van der Waals surface area contributed by atoms with Crippen LogP contribution in [0, 0.1) is 13.8 Å². The summed E-state index contributed by atoms with van der Waals surface area (Å²) in [5, 5.41) is 0. The van der Waals surface area contributed by atoms with Crippen molar-refractivity contribution in [3.05, 3.63) is 28.8 Å². The number of nitrogens with zero attached hydrogens (tertiary/aromatic N) is 1. The van der Waals surface area contributed by atoms with Crippen molar-refractivity contribution in [3.63, 3.8) is 0 Å². The molecule has 1 aromatic carbocycles. The molecule has 1 nitrogen and oxygen atoms in total. The Morgan fingerprint density at radius 1 is 0.933 bits per heavy atom. The third-order valence-corrected chi connectivity index (χ3v) is 2.74. The van der Waals surface area contributed by atoms with Crippen LogP contribution in [-0.4, -0.2) is 4.98 Å². The van der Waals surface area contributed by atoms with Gasteiger partial charge in [0.15, 0.2) is 0 Å². The smallest absolute Gasteiger partial charge is 0.0814 e. The fraction of sp³-hybridized carbons (Fsp3) is 0.462. The van der Waals surface area contributed by atoms with Crippen molar-refractivity contribution >= 4 is 21.6 Å². The summed E-state index contributed by atoms with van der Waals surface area (Å²) >= 11 is 1.70. The first-order chi connectivity index (χ1) is 7.27. The minimum Gasteiger partial charge on any atom is -0.245 e. The van der Waals surface area contributed by atoms with Crippen LogP contribution in [0.4, 0.5) is 0 Å². The van der Waals surface area contributed by atoms with Gasteiger partial charge in [0, 0.05) is 0 Å². The lowest BCUT2D eigenvalue weighted by Gasteiger charge is -1.97. The van der Waals surface area contributed by atoms with E-state index in [9.17, 15) is 0 Å². The van der Waals surface area contributed by atoms with Gasteiger partial charge < -0.3 is 0 Å². The summed E-state index contributed by atoms with van der Waals surface area (Å²) in [6.45, 7) is 12.3. The molecule has 0 amide bonds. The Balaban J connectivity index is 0.000000442. The zero-order chi connectivity index (χ0) is 11.8. The van der Waals surface area contributed by atoms with Crippen LogP contribution in [0.3, 0.4) is 0 Å². The number of benzene rings is 1. The average molecular weight is 223 g/mol. The van der Waals surface area contributed by atoms with Crippen molar-refractivity contribution in [2.75, 3.05) is 0 Å². The van der Waals surface area contributed by atoms with Gasteiger partial charge in [-0.1, -0.05) is 27.7 Å². The van der Waals surface area contributed by atoms with E-state index in [-0.39, 0.29) is 0 Å². The van der Waals surface area contributed by atoms with Gasteiger partial charge in [0.2, 0.25) is 0 Å². The topological polar surface area (TPSA) is 12.9 Å². The second-order valence-corrected chi connectivity index (χ2v) is 3.64. The van der Waals surface area contributed by atoms with Gasteiger partial charge in [0.25, 0.3) is 0 Å². The minimum absolute atomic E-state index is 1.12. The van der Waals surface area contributed by atoms with Crippen molar-refractivity contribution in [1.29, 1.82) is 0 Å². The van der Waals surface area contributed by atoms with Gasteiger partial charge in [-0.2, -0.15) is 0 Å². The highest BCUT2D eigenvalue weighted by atomic mass is 32.1. The number of aryl methyl sites for hydroxylation is 2. The van der Waals surface area contributed by atoms with Gasteiger partial charge in [-0.05, 0) is 37.1 Å². The van der Waals surface area contributed by atoms with E-state index in [1.54, 1.807) is 11.3 Å². The van der Waals surface area contributed by atoms with Gasteiger partial charge >= 0.3 is 0 Å². The zero-order valence-corrected chi connectivity index (χ0v) is 11.4. The van der Waals surface area contributed by atoms with E-state index in [0.29, 0.717) is 0 Å². The molecule has 0 saturated heterocycles. The van der Waals surface area contributed by atoms with E-state index in [1.807, 2.05) is 33.2 Å². The summed E-state index contributed by atoms with van der Waals surface area (Å²) in [7, 11) is 0. The molecule has 0 unspecified atom stereocenters. The van der Waals surface area contributed by atoms with Crippen LogP contribution in [0.1, 0.15) is 38.8 Å². The highest BCUT2D eigenvalue weighted by molar-refractivity contribution is 7.16. The predicted octanol–water partition coefficient (Wildman–Crippen LogP) is 4.97. The Bertz CT molecular complexity index is 354. The van der Waals surface area contributed by atoms with E-state index in [0.717, 1.165) is 5.52 Å². The van der Waals surface area contributed by atoms with Crippen LogP contribution in [0.2, 0.25) is 0 Å². The summed E-state index contributed by atoms with van der Waals surface area (Å²) in [5.41, 5.74) is 5.69. The molecule has 0 N–H and O–H groups in total. The number of thiazole rings is 1. The highest BCUT2D eigenvalue weighted by Crippen LogP contribution is 2.21. The molecular weight excluding hydrogens is 202 g/mol. The van der Waals surface area contributed by atoms with Crippen LogP contribution >= 0.6 is 11.3 Å². The molecular formula is C13H21NS. The van der Waals surface area contributed by atoms with Crippen LogP contribution in [0.25, 0.3) is 10.2 Å². The molecule has 0 spiro atoms. The van der Waals surface area contributed by atoms with E-state index in [1.165, 1.54) is 15.8 Å². The summed E-state index contributed by atoms with van der Waals surface area (Å²) in [5.74, 6) is 0. The van der Waals surface area contributed by atoms with Crippen LogP contribution in [0.15, 0.2) is 17.6 Å². The number of fused-ring (bicyclic) bond motifs is 1. The molecule has 2 rings (SSSR count). The molecule has 0 aliphatic rings. The maximum Gasteiger partial charge on any atom is 0.0814 e. The molecule has 84 valence electrons. The largest absolute Gasteiger partial charge is 0.245 e. The Hall–Kier alpha value is -0.890. The highest BCUT2D eigenvalue weighted by Gasteiger charge is 1.98. The van der Waals surface area contributed by atoms with Gasteiger partial charge in [-0.3, -0.25) is 0 Å². The van der Waals surface area contributed by atoms with E-state index in [4.69, 9.17) is 0 Å². The summed E-state index contributed by atoms with van der Waals surface area (Å²) in [4.78, 5) is 4.24. The fourth-order valence-corrected chi connectivity index (χ4v) is 1.87. The monoisotopic (exact) mass is 223 g/mol.